The lowest BCUT2D eigenvalue weighted by molar-refractivity contribution is -0.133. The minimum atomic E-state index is -0.672. The molecule has 3 nitrogen and oxygen atoms in total. The molecule has 4 heteroatoms. The fraction of sp³-hybridized carbons (Fsp3) is 0.562. The number of hydrogen-bond acceptors (Lipinski definition) is 2. The van der Waals surface area contributed by atoms with E-state index in [0.717, 1.165) is 31.2 Å². The molecule has 0 bridgehead atoms. The maximum absolute atomic E-state index is 12.1. The monoisotopic (exact) mass is 295 g/mol. The van der Waals surface area contributed by atoms with Crippen molar-refractivity contribution in [2.75, 3.05) is 13.6 Å². The van der Waals surface area contributed by atoms with E-state index in [1.807, 2.05) is 24.3 Å². The highest BCUT2D eigenvalue weighted by Crippen LogP contribution is 2.30. The summed E-state index contributed by atoms with van der Waals surface area (Å²) in [5, 5.41) is 11.0. The summed E-state index contributed by atoms with van der Waals surface area (Å²) in [6, 6.07) is 7.60. The SMILES string of the molecule is CN(CC1(O)CCCC1)C(=O)CCc1ccccc1Cl. The van der Waals surface area contributed by atoms with E-state index >= 15 is 0 Å². The van der Waals surface area contributed by atoms with Crippen LogP contribution in [-0.4, -0.2) is 35.1 Å². The van der Waals surface area contributed by atoms with Gasteiger partial charge in [-0.05, 0) is 30.9 Å². The van der Waals surface area contributed by atoms with E-state index in [-0.39, 0.29) is 5.91 Å². The lowest BCUT2D eigenvalue weighted by Crippen LogP contribution is -2.42. The zero-order valence-electron chi connectivity index (χ0n) is 11.9. The molecule has 20 heavy (non-hydrogen) atoms. The van der Waals surface area contributed by atoms with Gasteiger partial charge in [-0.25, -0.2) is 0 Å². The molecule has 0 heterocycles. The maximum atomic E-state index is 12.1. The van der Waals surface area contributed by atoms with Crippen molar-refractivity contribution >= 4 is 17.5 Å². The Morgan fingerprint density at radius 1 is 1.35 bits per heavy atom. The topological polar surface area (TPSA) is 40.5 Å². The highest BCUT2D eigenvalue weighted by Gasteiger charge is 2.33. The van der Waals surface area contributed by atoms with Crippen LogP contribution >= 0.6 is 11.6 Å². The zero-order chi connectivity index (χ0) is 14.6. The van der Waals surface area contributed by atoms with Gasteiger partial charge in [-0.3, -0.25) is 4.79 Å². The highest BCUT2D eigenvalue weighted by molar-refractivity contribution is 6.31. The summed E-state index contributed by atoms with van der Waals surface area (Å²) in [7, 11) is 1.77. The molecule has 1 N–H and O–H groups in total. The lowest BCUT2D eigenvalue weighted by atomic mass is 10.0. The third kappa shape index (κ3) is 3.97. The molecule has 1 aliphatic rings. The highest BCUT2D eigenvalue weighted by atomic mass is 35.5. The Balaban J connectivity index is 1.84. The Morgan fingerprint density at radius 3 is 2.65 bits per heavy atom. The standard InChI is InChI=1S/C16H22ClNO2/c1-18(12-16(20)10-4-5-11-16)15(19)9-8-13-6-2-3-7-14(13)17/h2-3,6-7,20H,4-5,8-12H2,1H3. The molecule has 1 saturated carbocycles. The molecule has 0 aromatic heterocycles. The molecular weight excluding hydrogens is 274 g/mol. The van der Waals surface area contributed by atoms with Gasteiger partial charge in [0.15, 0.2) is 0 Å². The van der Waals surface area contributed by atoms with Gasteiger partial charge in [-0.1, -0.05) is 42.6 Å². The van der Waals surface area contributed by atoms with Crippen molar-refractivity contribution in [1.29, 1.82) is 0 Å². The van der Waals surface area contributed by atoms with Crippen molar-refractivity contribution in [2.45, 2.75) is 44.1 Å². The average molecular weight is 296 g/mol. The fourth-order valence-electron chi connectivity index (χ4n) is 2.85. The van der Waals surface area contributed by atoms with Crippen LogP contribution < -0.4 is 0 Å². The first-order valence-corrected chi connectivity index (χ1v) is 7.58. The van der Waals surface area contributed by atoms with Crippen LogP contribution in [0, 0.1) is 0 Å². The Kier molecular flexibility index (Phi) is 5.06. The molecule has 0 spiro atoms. The average Bonchev–Trinajstić information content (AvgIpc) is 2.84. The molecule has 0 radical (unpaired) electrons. The van der Waals surface area contributed by atoms with Crippen molar-refractivity contribution < 1.29 is 9.90 Å². The van der Waals surface area contributed by atoms with E-state index in [1.54, 1.807) is 11.9 Å². The molecule has 0 atom stereocenters. The summed E-state index contributed by atoms with van der Waals surface area (Å²) in [4.78, 5) is 13.8. The first kappa shape index (κ1) is 15.3. The van der Waals surface area contributed by atoms with Crippen LogP contribution in [0.1, 0.15) is 37.7 Å². The Bertz CT molecular complexity index is 469. The number of aliphatic hydroxyl groups is 1. The van der Waals surface area contributed by atoms with E-state index < -0.39 is 5.60 Å². The second kappa shape index (κ2) is 6.59. The van der Waals surface area contributed by atoms with E-state index in [2.05, 4.69) is 0 Å². The summed E-state index contributed by atoms with van der Waals surface area (Å²) in [6.45, 7) is 0.439. The van der Waals surface area contributed by atoms with Gasteiger partial charge in [0.1, 0.15) is 0 Å². The number of halogens is 1. The van der Waals surface area contributed by atoms with Crippen LogP contribution in [0.2, 0.25) is 5.02 Å². The van der Waals surface area contributed by atoms with Crippen molar-refractivity contribution in [3.05, 3.63) is 34.9 Å². The zero-order valence-corrected chi connectivity index (χ0v) is 12.7. The van der Waals surface area contributed by atoms with Gasteiger partial charge >= 0.3 is 0 Å². The molecule has 1 fully saturated rings. The predicted molar refractivity (Wildman–Crippen MR) is 80.8 cm³/mol. The summed E-state index contributed by atoms with van der Waals surface area (Å²) < 4.78 is 0. The molecule has 1 amide bonds. The van der Waals surface area contributed by atoms with Crippen LogP contribution in [0.25, 0.3) is 0 Å². The molecule has 1 aromatic rings. The van der Waals surface area contributed by atoms with Crippen molar-refractivity contribution in [3.63, 3.8) is 0 Å². The van der Waals surface area contributed by atoms with Crippen LogP contribution in [0.5, 0.6) is 0 Å². The summed E-state index contributed by atoms with van der Waals surface area (Å²) in [5.41, 5.74) is 0.324. The largest absolute Gasteiger partial charge is 0.388 e. The van der Waals surface area contributed by atoms with Gasteiger partial charge in [0.05, 0.1) is 5.60 Å². The van der Waals surface area contributed by atoms with E-state index in [4.69, 9.17) is 11.6 Å². The second-order valence-electron chi connectivity index (χ2n) is 5.77. The van der Waals surface area contributed by atoms with Crippen molar-refractivity contribution in [1.82, 2.24) is 4.90 Å². The predicted octanol–water partition coefficient (Wildman–Crippen LogP) is 3.04. The van der Waals surface area contributed by atoms with Crippen LogP contribution in [0.3, 0.4) is 0 Å². The van der Waals surface area contributed by atoms with Gasteiger partial charge in [0.2, 0.25) is 5.91 Å². The van der Waals surface area contributed by atoms with Gasteiger partial charge in [0.25, 0.3) is 0 Å². The number of benzene rings is 1. The van der Waals surface area contributed by atoms with E-state index in [0.29, 0.717) is 24.4 Å². The van der Waals surface area contributed by atoms with Crippen LogP contribution in [0.4, 0.5) is 0 Å². The van der Waals surface area contributed by atoms with E-state index in [9.17, 15) is 9.90 Å². The van der Waals surface area contributed by atoms with Gasteiger partial charge in [-0.15, -0.1) is 0 Å². The van der Waals surface area contributed by atoms with Crippen molar-refractivity contribution in [2.24, 2.45) is 0 Å². The molecular formula is C16H22ClNO2. The smallest absolute Gasteiger partial charge is 0.222 e. The number of aryl methyl sites for hydroxylation is 1. The molecule has 2 rings (SSSR count). The van der Waals surface area contributed by atoms with Crippen LogP contribution in [0.15, 0.2) is 24.3 Å². The van der Waals surface area contributed by atoms with Gasteiger partial charge in [0, 0.05) is 25.0 Å². The van der Waals surface area contributed by atoms with E-state index in [1.165, 1.54) is 0 Å². The lowest BCUT2D eigenvalue weighted by Gasteiger charge is -2.28. The molecule has 0 saturated heterocycles. The number of nitrogens with zero attached hydrogens (tertiary/aromatic N) is 1. The number of carbonyl (C=O) groups excluding carboxylic acids is 1. The molecule has 110 valence electrons. The maximum Gasteiger partial charge on any atom is 0.222 e. The molecule has 1 aromatic carbocycles. The fourth-order valence-corrected chi connectivity index (χ4v) is 3.08. The second-order valence-corrected chi connectivity index (χ2v) is 6.18. The van der Waals surface area contributed by atoms with Gasteiger partial charge < -0.3 is 10.0 Å². The van der Waals surface area contributed by atoms with Gasteiger partial charge in [-0.2, -0.15) is 0 Å². The number of likely N-dealkylation sites (N-methyl/N-ethyl adjacent to an activating group) is 1. The third-order valence-electron chi connectivity index (χ3n) is 4.06. The molecule has 1 aliphatic carbocycles. The summed E-state index contributed by atoms with van der Waals surface area (Å²) in [6.07, 6.45) is 4.78. The summed E-state index contributed by atoms with van der Waals surface area (Å²) >= 11 is 6.08. The Morgan fingerprint density at radius 2 is 2.00 bits per heavy atom. The Hall–Kier alpha value is -1.06. The quantitative estimate of drug-likeness (QED) is 0.907. The Labute approximate surface area is 125 Å². The first-order chi connectivity index (χ1) is 9.50. The number of amides is 1. The molecule has 0 unspecified atom stereocenters. The number of carbonyl (C=O) groups is 1. The first-order valence-electron chi connectivity index (χ1n) is 7.20. The number of hydrogen-bond donors (Lipinski definition) is 1. The van der Waals surface area contributed by atoms with Crippen LogP contribution in [-0.2, 0) is 11.2 Å². The minimum absolute atomic E-state index is 0.0604. The third-order valence-corrected chi connectivity index (χ3v) is 4.43. The summed E-state index contributed by atoms with van der Waals surface area (Å²) in [5.74, 6) is 0.0604. The van der Waals surface area contributed by atoms with Crippen molar-refractivity contribution in [3.8, 4) is 0 Å². The minimum Gasteiger partial charge on any atom is -0.388 e. The molecule has 0 aliphatic heterocycles. The normalized spacial score (nSPS) is 17.1. The number of rotatable bonds is 5.